The summed E-state index contributed by atoms with van der Waals surface area (Å²) in [5.74, 6) is -1.18. The number of esters is 2. The van der Waals surface area contributed by atoms with Crippen molar-refractivity contribution in [3.05, 3.63) is 22.4 Å². The Bertz CT molecular complexity index is 869. The van der Waals surface area contributed by atoms with Gasteiger partial charge in [0, 0.05) is 25.0 Å². The summed E-state index contributed by atoms with van der Waals surface area (Å²) < 4.78 is 21.4. The molecule has 0 N–H and O–H groups in total. The highest BCUT2D eigenvalue weighted by Crippen LogP contribution is 2.43. The van der Waals surface area contributed by atoms with Crippen LogP contribution in [-0.4, -0.2) is 25.3 Å². The molecule has 2 rings (SSSR count). The van der Waals surface area contributed by atoms with Crippen molar-refractivity contribution in [3.8, 4) is 17.2 Å². The number of methoxy groups -OCH3 is 1. The molecule has 0 unspecified atom stereocenters. The van der Waals surface area contributed by atoms with Gasteiger partial charge in [-0.1, -0.05) is 25.6 Å². The Kier molecular flexibility index (Phi) is 6.08. The monoisotopic (exact) mass is 366 g/mol. The van der Waals surface area contributed by atoms with Crippen molar-refractivity contribution in [2.24, 2.45) is 0 Å². The first-order chi connectivity index (χ1) is 11.9. The van der Waals surface area contributed by atoms with Gasteiger partial charge in [0.25, 0.3) is 0 Å². The number of hydrogen-bond acceptors (Lipinski definition) is 8. The van der Waals surface area contributed by atoms with Gasteiger partial charge in [-0.15, -0.1) is 0 Å². The van der Waals surface area contributed by atoms with E-state index in [9.17, 15) is 14.4 Å². The molecule has 0 spiro atoms. The highest BCUT2D eigenvalue weighted by Gasteiger charge is 2.24. The molecule has 0 aliphatic heterocycles. The maximum atomic E-state index is 12.5. The zero-order chi connectivity index (χ0) is 18.6. The van der Waals surface area contributed by atoms with Gasteiger partial charge in [-0.25, -0.2) is 0 Å². The first kappa shape index (κ1) is 18.9. The maximum Gasteiger partial charge on any atom is 0.311 e. The van der Waals surface area contributed by atoms with Crippen molar-refractivity contribution in [1.29, 1.82) is 0 Å². The third-order valence-electron chi connectivity index (χ3n) is 3.29. The fraction of sp³-hybridized carbons (Fsp3) is 0.353. The van der Waals surface area contributed by atoms with E-state index in [4.69, 9.17) is 18.6 Å². The van der Waals surface area contributed by atoms with E-state index in [-0.39, 0.29) is 41.1 Å². The van der Waals surface area contributed by atoms with Crippen molar-refractivity contribution >= 4 is 34.7 Å². The van der Waals surface area contributed by atoms with E-state index >= 15 is 0 Å². The van der Waals surface area contributed by atoms with Gasteiger partial charge in [0.1, 0.15) is 11.0 Å². The minimum absolute atomic E-state index is 0.0136. The fourth-order valence-corrected chi connectivity index (χ4v) is 2.47. The molecule has 1 aromatic heterocycles. The summed E-state index contributed by atoms with van der Waals surface area (Å²) in [6.45, 7) is 3.26. The Morgan fingerprint density at radius 2 is 1.72 bits per heavy atom. The van der Waals surface area contributed by atoms with Crippen LogP contribution in [0.3, 0.4) is 0 Å². The highest BCUT2D eigenvalue weighted by atomic mass is 32.2. The van der Waals surface area contributed by atoms with Crippen LogP contribution >= 0.6 is 11.8 Å². The third kappa shape index (κ3) is 3.96. The molecule has 0 aliphatic rings. The van der Waals surface area contributed by atoms with Gasteiger partial charge < -0.3 is 18.6 Å². The number of benzene rings is 1. The first-order valence-electron chi connectivity index (χ1n) is 7.59. The molecule has 0 radical (unpaired) electrons. The number of ether oxygens (including phenoxy) is 3. The molecule has 8 heteroatoms. The first-order valence-corrected chi connectivity index (χ1v) is 8.81. The largest absolute Gasteiger partial charge is 0.490 e. The van der Waals surface area contributed by atoms with Gasteiger partial charge in [-0.05, 0) is 6.26 Å². The van der Waals surface area contributed by atoms with Crippen LogP contribution in [0.1, 0.15) is 26.7 Å². The topological polar surface area (TPSA) is 92.0 Å². The average molecular weight is 366 g/mol. The molecule has 134 valence electrons. The number of carbonyl (C=O) groups excluding carboxylic acids is 2. The number of thioether (sulfide) groups is 1. The van der Waals surface area contributed by atoms with Crippen molar-refractivity contribution in [2.75, 3.05) is 13.4 Å². The Morgan fingerprint density at radius 1 is 1.08 bits per heavy atom. The predicted molar refractivity (Wildman–Crippen MR) is 92.7 cm³/mol. The lowest BCUT2D eigenvalue weighted by atomic mass is 10.1. The zero-order valence-electron chi connectivity index (χ0n) is 14.3. The fourth-order valence-electron chi connectivity index (χ4n) is 2.07. The Morgan fingerprint density at radius 3 is 2.28 bits per heavy atom. The highest BCUT2D eigenvalue weighted by molar-refractivity contribution is 7.98. The normalized spacial score (nSPS) is 10.6. The summed E-state index contributed by atoms with van der Waals surface area (Å²) in [5.41, 5.74) is -0.258. The smallest absolute Gasteiger partial charge is 0.311 e. The molecule has 25 heavy (non-hydrogen) atoms. The maximum absolute atomic E-state index is 12.5. The van der Waals surface area contributed by atoms with Gasteiger partial charge >= 0.3 is 11.9 Å². The molecule has 1 aromatic carbocycles. The summed E-state index contributed by atoms with van der Waals surface area (Å²) in [5, 5.41) is 0.427. The standard InChI is InChI=1S/C17H18O7S/c1-5-12(19)22-11-8-10-15(9(18)7-14(23-10)25-4)17(16(11)21-3)24-13(20)6-2/h7-8H,5-6H2,1-4H3. The summed E-state index contributed by atoms with van der Waals surface area (Å²) in [6, 6.07) is 2.68. The van der Waals surface area contributed by atoms with Crippen molar-refractivity contribution in [3.63, 3.8) is 0 Å². The van der Waals surface area contributed by atoms with Gasteiger partial charge in [-0.2, -0.15) is 0 Å². The minimum atomic E-state index is -0.563. The number of fused-ring (bicyclic) bond motifs is 1. The molecule has 1 heterocycles. The minimum Gasteiger partial charge on any atom is -0.490 e. The lowest BCUT2D eigenvalue weighted by molar-refractivity contribution is -0.134. The van der Waals surface area contributed by atoms with Gasteiger partial charge in [-0.3, -0.25) is 14.4 Å². The van der Waals surface area contributed by atoms with Crippen LogP contribution in [0.25, 0.3) is 11.0 Å². The third-order valence-corrected chi connectivity index (χ3v) is 3.90. The molecule has 0 saturated carbocycles. The summed E-state index contributed by atoms with van der Waals surface area (Å²) >= 11 is 1.24. The van der Waals surface area contributed by atoms with Crippen LogP contribution in [0.2, 0.25) is 0 Å². The van der Waals surface area contributed by atoms with E-state index in [0.717, 1.165) is 0 Å². The van der Waals surface area contributed by atoms with Gasteiger partial charge in [0.05, 0.1) is 7.11 Å². The predicted octanol–water partition coefficient (Wildman–Crippen LogP) is 3.15. The SMILES string of the molecule is CCC(=O)Oc1cc2oc(SC)cc(=O)c2c(OC(=O)CC)c1OC. The molecule has 0 atom stereocenters. The van der Waals surface area contributed by atoms with Crippen LogP contribution in [-0.2, 0) is 9.59 Å². The Balaban J connectivity index is 2.82. The lowest BCUT2D eigenvalue weighted by Crippen LogP contribution is -2.13. The summed E-state index contributed by atoms with van der Waals surface area (Å²) in [6.07, 6.45) is 1.99. The lowest BCUT2D eigenvalue weighted by Gasteiger charge is -2.15. The van der Waals surface area contributed by atoms with E-state index in [2.05, 4.69) is 0 Å². The van der Waals surface area contributed by atoms with Crippen molar-refractivity contribution in [1.82, 2.24) is 0 Å². The van der Waals surface area contributed by atoms with Crippen LogP contribution in [0, 0.1) is 0 Å². The second-order valence-corrected chi connectivity index (χ2v) is 5.71. The molecule has 0 amide bonds. The van der Waals surface area contributed by atoms with Gasteiger partial charge in [0.2, 0.25) is 5.75 Å². The van der Waals surface area contributed by atoms with E-state index in [1.54, 1.807) is 20.1 Å². The quantitative estimate of drug-likeness (QED) is 0.437. The van der Waals surface area contributed by atoms with Crippen molar-refractivity contribution < 1.29 is 28.2 Å². The molecule has 0 bridgehead atoms. The number of rotatable bonds is 6. The summed E-state index contributed by atoms with van der Waals surface area (Å²) in [4.78, 5) is 36.0. The Labute approximate surface area is 148 Å². The second-order valence-electron chi connectivity index (χ2n) is 4.90. The average Bonchev–Trinajstić information content (AvgIpc) is 2.60. The summed E-state index contributed by atoms with van der Waals surface area (Å²) in [7, 11) is 1.33. The number of carbonyl (C=O) groups is 2. The molecule has 7 nitrogen and oxygen atoms in total. The zero-order valence-corrected chi connectivity index (χ0v) is 15.2. The van der Waals surface area contributed by atoms with Crippen LogP contribution in [0.4, 0.5) is 0 Å². The molecule has 0 saturated heterocycles. The second kappa shape index (κ2) is 8.06. The van der Waals surface area contributed by atoms with Crippen LogP contribution < -0.4 is 19.6 Å². The van der Waals surface area contributed by atoms with Crippen LogP contribution in [0.15, 0.2) is 26.4 Å². The van der Waals surface area contributed by atoms with E-state index in [1.165, 1.54) is 31.0 Å². The molecular formula is C17H18O7S. The Hall–Kier alpha value is -2.48. The van der Waals surface area contributed by atoms with Crippen molar-refractivity contribution in [2.45, 2.75) is 31.8 Å². The van der Waals surface area contributed by atoms with Gasteiger partial charge in [0.15, 0.2) is 22.0 Å². The molecule has 0 fully saturated rings. The number of hydrogen-bond donors (Lipinski definition) is 0. The van der Waals surface area contributed by atoms with E-state index < -0.39 is 17.4 Å². The molecular weight excluding hydrogens is 348 g/mol. The van der Waals surface area contributed by atoms with E-state index in [1.807, 2.05) is 0 Å². The molecule has 2 aromatic rings. The van der Waals surface area contributed by atoms with E-state index in [0.29, 0.717) is 5.09 Å². The van der Waals surface area contributed by atoms with Crippen LogP contribution in [0.5, 0.6) is 17.2 Å². The molecule has 0 aliphatic carbocycles.